The molecule has 0 radical (unpaired) electrons. The third kappa shape index (κ3) is 2.92. The van der Waals surface area contributed by atoms with Crippen molar-refractivity contribution in [1.29, 1.82) is 0 Å². The molecule has 2 rings (SSSR count). The standard InChI is InChI=1S/C12H12ClNO4/c13-9-1-3-10(4-2-9)18-12(17)14-6-5-8(7-14)11(15)16/h1-4,8H,5-7H2,(H,15,16). The van der Waals surface area contributed by atoms with Crippen molar-refractivity contribution >= 4 is 23.7 Å². The first-order valence-electron chi connectivity index (χ1n) is 5.51. The lowest BCUT2D eigenvalue weighted by molar-refractivity contribution is -0.141. The number of halogens is 1. The molecule has 1 aromatic carbocycles. The molecule has 0 spiro atoms. The van der Waals surface area contributed by atoms with E-state index in [1.165, 1.54) is 4.90 Å². The van der Waals surface area contributed by atoms with E-state index < -0.39 is 18.0 Å². The van der Waals surface area contributed by atoms with Gasteiger partial charge >= 0.3 is 12.1 Å². The second-order valence-corrected chi connectivity index (χ2v) is 4.53. The Labute approximate surface area is 109 Å². The molecule has 1 atom stereocenters. The Morgan fingerprint density at radius 3 is 2.56 bits per heavy atom. The molecule has 1 amide bonds. The zero-order chi connectivity index (χ0) is 13.1. The van der Waals surface area contributed by atoms with Crippen LogP contribution in [0.25, 0.3) is 0 Å². The first-order valence-corrected chi connectivity index (χ1v) is 5.89. The number of hydrogen-bond donors (Lipinski definition) is 1. The van der Waals surface area contributed by atoms with Gasteiger partial charge in [0, 0.05) is 18.1 Å². The van der Waals surface area contributed by atoms with Crippen LogP contribution in [-0.4, -0.2) is 35.2 Å². The van der Waals surface area contributed by atoms with Crippen molar-refractivity contribution < 1.29 is 19.4 Å². The highest BCUT2D eigenvalue weighted by atomic mass is 35.5. The number of aliphatic carboxylic acids is 1. The van der Waals surface area contributed by atoms with E-state index in [4.69, 9.17) is 21.4 Å². The molecule has 5 nitrogen and oxygen atoms in total. The maximum Gasteiger partial charge on any atom is 0.415 e. The van der Waals surface area contributed by atoms with Gasteiger partial charge in [0.05, 0.1) is 5.92 Å². The Hall–Kier alpha value is -1.75. The molecule has 0 aliphatic carbocycles. The number of likely N-dealkylation sites (tertiary alicyclic amines) is 1. The van der Waals surface area contributed by atoms with E-state index in [1.807, 2.05) is 0 Å². The van der Waals surface area contributed by atoms with Gasteiger partial charge in [-0.3, -0.25) is 4.79 Å². The van der Waals surface area contributed by atoms with E-state index in [2.05, 4.69) is 0 Å². The highest BCUT2D eigenvalue weighted by Crippen LogP contribution is 2.20. The quantitative estimate of drug-likeness (QED) is 0.894. The summed E-state index contributed by atoms with van der Waals surface area (Å²) in [4.78, 5) is 23.9. The summed E-state index contributed by atoms with van der Waals surface area (Å²) in [6.45, 7) is 0.602. The van der Waals surface area contributed by atoms with Crippen molar-refractivity contribution in [3.05, 3.63) is 29.3 Å². The minimum atomic E-state index is -0.878. The zero-order valence-electron chi connectivity index (χ0n) is 9.51. The largest absolute Gasteiger partial charge is 0.481 e. The van der Waals surface area contributed by atoms with E-state index in [1.54, 1.807) is 24.3 Å². The summed E-state index contributed by atoms with van der Waals surface area (Å²) in [5, 5.41) is 9.40. The van der Waals surface area contributed by atoms with E-state index >= 15 is 0 Å². The average Bonchev–Trinajstić information content (AvgIpc) is 2.81. The van der Waals surface area contributed by atoms with Gasteiger partial charge in [-0.2, -0.15) is 0 Å². The van der Waals surface area contributed by atoms with Gasteiger partial charge in [0.1, 0.15) is 5.75 Å². The number of carboxylic acid groups (broad SMARTS) is 1. The normalized spacial score (nSPS) is 18.7. The topological polar surface area (TPSA) is 66.8 Å². The molecule has 96 valence electrons. The number of carbonyl (C=O) groups is 2. The Kier molecular flexibility index (Phi) is 3.72. The third-order valence-corrected chi connectivity index (χ3v) is 3.07. The molecule has 0 saturated carbocycles. The predicted octanol–water partition coefficient (Wildman–Crippen LogP) is 2.25. The van der Waals surface area contributed by atoms with Gasteiger partial charge in [0.25, 0.3) is 0 Å². The van der Waals surface area contributed by atoms with Crippen LogP contribution >= 0.6 is 11.6 Å². The summed E-state index contributed by atoms with van der Waals surface area (Å²) in [6, 6.07) is 6.42. The molecule has 1 unspecified atom stereocenters. The van der Waals surface area contributed by atoms with Crippen LogP contribution in [-0.2, 0) is 4.79 Å². The molecule has 1 aliphatic rings. The van der Waals surface area contributed by atoms with Crippen molar-refractivity contribution in [3.8, 4) is 5.75 Å². The Balaban J connectivity index is 1.93. The summed E-state index contributed by atoms with van der Waals surface area (Å²) in [6.07, 6.45) is -0.0634. The number of rotatable bonds is 2. The molecular formula is C12H12ClNO4. The average molecular weight is 270 g/mol. The fourth-order valence-corrected chi connectivity index (χ4v) is 1.92. The fourth-order valence-electron chi connectivity index (χ4n) is 1.80. The molecule has 18 heavy (non-hydrogen) atoms. The van der Waals surface area contributed by atoms with E-state index in [9.17, 15) is 9.59 Å². The molecule has 1 aromatic rings. The zero-order valence-corrected chi connectivity index (χ0v) is 10.3. The van der Waals surface area contributed by atoms with Gasteiger partial charge in [-0.25, -0.2) is 4.79 Å². The molecule has 6 heteroatoms. The number of ether oxygens (including phenoxy) is 1. The second-order valence-electron chi connectivity index (χ2n) is 4.09. The maximum absolute atomic E-state index is 11.7. The number of hydrogen-bond acceptors (Lipinski definition) is 3. The summed E-state index contributed by atoms with van der Waals surface area (Å²) >= 11 is 5.71. The first kappa shape index (κ1) is 12.7. The van der Waals surface area contributed by atoms with Crippen molar-refractivity contribution in [3.63, 3.8) is 0 Å². The number of nitrogens with zero attached hydrogens (tertiary/aromatic N) is 1. The summed E-state index contributed by atoms with van der Waals surface area (Å²) < 4.78 is 5.12. The lowest BCUT2D eigenvalue weighted by Crippen LogP contribution is -2.32. The van der Waals surface area contributed by atoms with E-state index in [-0.39, 0.29) is 6.54 Å². The lowest BCUT2D eigenvalue weighted by atomic mass is 10.1. The highest BCUT2D eigenvalue weighted by Gasteiger charge is 2.31. The van der Waals surface area contributed by atoms with Crippen LogP contribution in [0.2, 0.25) is 5.02 Å². The smallest absolute Gasteiger partial charge is 0.415 e. The van der Waals surface area contributed by atoms with Crippen LogP contribution in [0.3, 0.4) is 0 Å². The van der Waals surface area contributed by atoms with Gasteiger partial charge in [-0.15, -0.1) is 0 Å². The number of carboxylic acids is 1. The van der Waals surface area contributed by atoms with E-state index in [0.717, 1.165) is 0 Å². The number of benzene rings is 1. The van der Waals surface area contributed by atoms with Crippen molar-refractivity contribution in [1.82, 2.24) is 4.90 Å². The van der Waals surface area contributed by atoms with Crippen LogP contribution in [0.15, 0.2) is 24.3 Å². The molecule has 1 aliphatic heterocycles. The number of amides is 1. The Bertz CT molecular complexity index is 460. The minimum Gasteiger partial charge on any atom is -0.481 e. The molecule has 1 N–H and O–H groups in total. The molecule has 0 aromatic heterocycles. The second kappa shape index (κ2) is 5.27. The van der Waals surface area contributed by atoms with Gasteiger partial charge in [0.2, 0.25) is 0 Å². The monoisotopic (exact) mass is 269 g/mol. The molecule has 0 bridgehead atoms. The highest BCUT2D eigenvalue weighted by molar-refractivity contribution is 6.30. The summed E-state index contributed by atoms with van der Waals surface area (Å²) in [5.41, 5.74) is 0. The van der Waals surface area contributed by atoms with Crippen LogP contribution in [0.1, 0.15) is 6.42 Å². The maximum atomic E-state index is 11.7. The van der Waals surface area contributed by atoms with Crippen LogP contribution in [0.4, 0.5) is 4.79 Å². The van der Waals surface area contributed by atoms with Crippen LogP contribution in [0.5, 0.6) is 5.75 Å². The Morgan fingerprint density at radius 1 is 1.33 bits per heavy atom. The molecule has 1 fully saturated rings. The van der Waals surface area contributed by atoms with Crippen molar-refractivity contribution in [2.45, 2.75) is 6.42 Å². The third-order valence-electron chi connectivity index (χ3n) is 2.81. The fraction of sp³-hybridized carbons (Fsp3) is 0.333. The van der Waals surface area contributed by atoms with Gasteiger partial charge in [-0.1, -0.05) is 11.6 Å². The van der Waals surface area contributed by atoms with Crippen LogP contribution in [0, 0.1) is 5.92 Å². The lowest BCUT2D eigenvalue weighted by Gasteiger charge is -2.15. The molecule has 1 heterocycles. The minimum absolute atomic E-state index is 0.196. The molecular weight excluding hydrogens is 258 g/mol. The predicted molar refractivity (Wildman–Crippen MR) is 64.8 cm³/mol. The van der Waals surface area contributed by atoms with E-state index in [0.29, 0.717) is 23.7 Å². The summed E-state index contributed by atoms with van der Waals surface area (Å²) in [7, 11) is 0. The van der Waals surface area contributed by atoms with Crippen molar-refractivity contribution in [2.24, 2.45) is 5.92 Å². The summed E-state index contributed by atoms with van der Waals surface area (Å²) in [5.74, 6) is -0.984. The SMILES string of the molecule is O=C(O)C1CCN(C(=O)Oc2ccc(Cl)cc2)C1. The van der Waals surface area contributed by atoms with Crippen LogP contribution < -0.4 is 4.74 Å². The first-order chi connectivity index (χ1) is 8.56. The molecule has 1 saturated heterocycles. The van der Waals surface area contributed by atoms with Gasteiger partial charge < -0.3 is 14.7 Å². The van der Waals surface area contributed by atoms with Gasteiger partial charge in [0.15, 0.2) is 0 Å². The van der Waals surface area contributed by atoms with Crippen molar-refractivity contribution in [2.75, 3.05) is 13.1 Å². The van der Waals surface area contributed by atoms with Gasteiger partial charge in [-0.05, 0) is 30.7 Å². The number of carbonyl (C=O) groups excluding carboxylic acids is 1. The Morgan fingerprint density at radius 2 is 2.00 bits per heavy atom.